The number of rotatable bonds is 5. The number of carboxylic acid groups (broad SMARTS) is 1. The summed E-state index contributed by atoms with van der Waals surface area (Å²) in [4.78, 5) is 11.0. The van der Waals surface area contributed by atoms with Crippen LogP contribution in [0.4, 0.5) is 5.69 Å². The van der Waals surface area contributed by atoms with E-state index in [-0.39, 0.29) is 18.2 Å². The molecule has 0 spiro atoms. The van der Waals surface area contributed by atoms with E-state index in [4.69, 9.17) is 5.11 Å². The normalized spacial score (nSPS) is 11.9. The van der Waals surface area contributed by atoms with E-state index in [0.717, 1.165) is 11.3 Å². The van der Waals surface area contributed by atoms with Crippen molar-refractivity contribution in [3.63, 3.8) is 0 Å². The Kier molecular flexibility index (Phi) is 4.38. The molecule has 104 valence electrons. The smallest absolute Gasteiger partial charge is 0.335 e. The quantitative estimate of drug-likeness (QED) is 0.782. The van der Waals surface area contributed by atoms with E-state index in [1.165, 1.54) is 0 Å². The Morgan fingerprint density at radius 1 is 1.20 bits per heavy atom. The number of carbonyl (C=O) groups is 1. The van der Waals surface area contributed by atoms with Crippen LogP contribution in [0, 0.1) is 6.92 Å². The Morgan fingerprint density at radius 2 is 1.90 bits per heavy atom. The molecule has 0 aromatic heterocycles. The first kappa shape index (κ1) is 14.1. The van der Waals surface area contributed by atoms with Crippen LogP contribution in [0.1, 0.15) is 27.5 Å². The van der Waals surface area contributed by atoms with Crippen molar-refractivity contribution >= 4 is 11.7 Å². The summed E-state index contributed by atoms with van der Waals surface area (Å²) in [6.07, 6.45) is 0. The number of aliphatic hydroxyl groups excluding tert-OH is 1. The molecule has 0 heterocycles. The van der Waals surface area contributed by atoms with E-state index in [2.05, 4.69) is 5.32 Å². The van der Waals surface area contributed by atoms with Gasteiger partial charge in [0, 0.05) is 5.69 Å². The Morgan fingerprint density at radius 3 is 2.45 bits per heavy atom. The summed E-state index contributed by atoms with van der Waals surface area (Å²) in [5, 5.41) is 21.7. The maximum Gasteiger partial charge on any atom is 0.335 e. The van der Waals surface area contributed by atoms with Crippen LogP contribution in [0.15, 0.2) is 48.5 Å². The second-order valence-electron chi connectivity index (χ2n) is 4.63. The van der Waals surface area contributed by atoms with Gasteiger partial charge in [0.05, 0.1) is 18.2 Å². The number of benzene rings is 2. The minimum atomic E-state index is -0.934. The van der Waals surface area contributed by atoms with Crippen LogP contribution in [0.5, 0.6) is 0 Å². The molecule has 0 fully saturated rings. The van der Waals surface area contributed by atoms with Gasteiger partial charge in [-0.3, -0.25) is 0 Å². The molecule has 0 radical (unpaired) electrons. The van der Waals surface area contributed by atoms with Gasteiger partial charge < -0.3 is 15.5 Å². The van der Waals surface area contributed by atoms with Crippen molar-refractivity contribution in [1.29, 1.82) is 0 Å². The fourth-order valence-electron chi connectivity index (χ4n) is 2.11. The van der Waals surface area contributed by atoms with E-state index < -0.39 is 5.97 Å². The summed E-state index contributed by atoms with van der Waals surface area (Å²) in [6.45, 7) is 1.72. The van der Waals surface area contributed by atoms with Crippen molar-refractivity contribution in [2.45, 2.75) is 13.0 Å². The van der Waals surface area contributed by atoms with Gasteiger partial charge in [-0.25, -0.2) is 4.79 Å². The second-order valence-corrected chi connectivity index (χ2v) is 4.63. The van der Waals surface area contributed by atoms with Gasteiger partial charge in [0.2, 0.25) is 0 Å². The van der Waals surface area contributed by atoms with Crippen LogP contribution in [0.2, 0.25) is 0 Å². The zero-order valence-electron chi connectivity index (χ0n) is 11.2. The van der Waals surface area contributed by atoms with Crippen LogP contribution < -0.4 is 5.32 Å². The van der Waals surface area contributed by atoms with Crippen molar-refractivity contribution in [2.24, 2.45) is 0 Å². The molecule has 2 aromatic carbocycles. The lowest BCUT2D eigenvalue weighted by atomic mass is 10.1. The third kappa shape index (κ3) is 3.16. The highest BCUT2D eigenvalue weighted by Crippen LogP contribution is 2.21. The van der Waals surface area contributed by atoms with E-state index in [1.54, 1.807) is 25.1 Å². The molecular formula is C16H17NO3. The average molecular weight is 271 g/mol. The zero-order chi connectivity index (χ0) is 14.5. The average Bonchev–Trinajstić information content (AvgIpc) is 2.45. The number of aryl methyl sites for hydroxylation is 1. The van der Waals surface area contributed by atoms with Crippen LogP contribution >= 0.6 is 0 Å². The minimum Gasteiger partial charge on any atom is -0.478 e. The summed E-state index contributed by atoms with van der Waals surface area (Å²) in [5.74, 6) is -0.934. The molecule has 3 N–H and O–H groups in total. The van der Waals surface area contributed by atoms with Crippen LogP contribution in [-0.4, -0.2) is 22.8 Å². The predicted octanol–water partition coefficient (Wildman–Crippen LogP) is 2.84. The molecule has 0 amide bonds. The molecule has 2 rings (SSSR count). The van der Waals surface area contributed by atoms with Crippen molar-refractivity contribution in [1.82, 2.24) is 0 Å². The number of aliphatic hydroxyl groups is 1. The highest BCUT2D eigenvalue weighted by Gasteiger charge is 2.12. The largest absolute Gasteiger partial charge is 0.478 e. The molecule has 1 atom stereocenters. The maximum absolute atomic E-state index is 11.0. The van der Waals surface area contributed by atoms with Crippen LogP contribution in [0.3, 0.4) is 0 Å². The first-order chi connectivity index (χ1) is 9.61. The lowest BCUT2D eigenvalue weighted by Crippen LogP contribution is -2.15. The number of anilines is 1. The summed E-state index contributed by atoms with van der Waals surface area (Å²) in [6, 6.07) is 14.5. The van der Waals surface area contributed by atoms with Gasteiger partial charge in [0.25, 0.3) is 0 Å². The topological polar surface area (TPSA) is 69.6 Å². The Labute approximate surface area is 117 Å². The number of nitrogens with one attached hydrogen (secondary N) is 1. The highest BCUT2D eigenvalue weighted by atomic mass is 16.4. The van der Waals surface area contributed by atoms with Crippen LogP contribution in [0.25, 0.3) is 0 Å². The number of carboxylic acids is 1. The standard InChI is InChI=1S/C16H17NO3/c1-11-9-13(7-8-14(11)16(19)20)17-15(10-18)12-5-3-2-4-6-12/h2-9,15,17-18H,10H2,1H3,(H,19,20). The van der Waals surface area contributed by atoms with E-state index in [9.17, 15) is 9.90 Å². The van der Waals surface area contributed by atoms with Gasteiger partial charge in [-0.05, 0) is 36.2 Å². The van der Waals surface area contributed by atoms with Gasteiger partial charge in [-0.2, -0.15) is 0 Å². The van der Waals surface area contributed by atoms with Crippen molar-refractivity contribution < 1.29 is 15.0 Å². The Balaban J connectivity index is 2.20. The molecule has 2 aromatic rings. The van der Waals surface area contributed by atoms with Crippen molar-refractivity contribution in [2.75, 3.05) is 11.9 Å². The van der Waals surface area contributed by atoms with Gasteiger partial charge in [-0.15, -0.1) is 0 Å². The Hall–Kier alpha value is -2.33. The van der Waals surface area contributed by atoms with E-state index >= 15 is 0 Å². The lowest BCUT2D eigenvalue weighted by Gasteiger charge is -2.18. The molecule has 0 saturated heterocycles. The molecule has 4 nitrogen and oxygen atoms in total. The highest BCUT2D eigenvalue weighted by molar-refractivity contribution is 5.89. The van der Waals surface area contributed by atoms with Gasteiger partial charge in [0.15, 0.2) is 0 Å². The maximum atomic E-state index is 11.0. The number of hydrogen-bond acceptors (Lipinski definition) is 3. The predicted molar refractivity (Wildman–Crippen MR) is 78.0 cm³/mol. The molecular weight excluding hydrogens is 254 g/mol. The minimum absolute atomic E-state index is 0.0380. The number of hydrogen-bond donors (Lipinski definition) is 3. The first-order valence-electron chi connectivity index (χ1n) is 6.38. The van der Waals surface area contributed by atoms with Crippen molar-refractivity contribution in [3.8, 4) is 0 Å². The molecule has 0 saturated carbocycles. The molecule has 4 heteroatoms. The lowest BCUT2D eigenvalue weighted by molar-refractivity contribution is 0.0696. The molecule has 1 unspecified atom stereocenters. The molecule has 20 heavy (non-hydrogen) atoms. The third-order valence-electron chi connectivity index (χ3n) is 3.18. The van der Waals surface area contributed by atoms with E-state index in [0.29, 0.717) is 5.56 Å². The molecule has 0 bridgehead atoms. The number of aromatic carboxylic acids is 1. The summed E-state index contributed by atoms with van der Waals surface area (Å²) in [5.41, 5.74) is 2.74. The summed E-state index contributed by atoms with van der Waals surface area (Å²) < 4.78 is 0. The summed E-state index contributed by atoms with van der Waals surface area (Å²) >= 11 is 0. The SMILES string of the molecule is Cc1cc(NC(CO)c2ccccc2)ccc1C(=O)O. The first-order valence-corrected chi connectivity index (χ1v) is 6.38. The zero-order valence-corrected chi connectivity index (χ0v) is 11.2. The van der Waals surface area contributed by atoms with Gasteiger partial charge in [-0.1, -0.05) is 30.3 Å². The third-order valence-corrected chi connectivity index (χ3v) is 3.18. The van der Waals surface area contributed by atoms with E-state index in [1.807, 2.05) is 30.3 Å². The summed E-state index contributed by atoms with van der Waals surface area (Å²) in [7, 11) is 0. The van der Waals surface area contributed by atoms with Crippen molar-refractivity contribution in [3.05, 3.63) is 65.2 Å². The second kappa shape index (κ2) is 6.21. The monoisotopic (exact) mass is 271 g/mol. The fraction of sp³-hybridized carbons (Fsp3) is 0.188. The molecule has 0 aliphatic carbocycles. The molecule has 0 aliphatic rings. The van der Waals surface area contributed by atoms with Crippen LogP contribution in [-0.2, 0) is 0 Å². The van der Waals surface area contributed by atoms with Gasteiger partial charge >= 0.3 is 5.97 Å². The molecule has 0 aliphatic heterocycles. The Bertz CT molecular complexity index is 596. The van der Waals surface area contributed by atoms with Gasteiger partial charge in [0.1, 0.15) is 0 Å². The fourth-order valence-corrected chi connectivity index (χ4v) is 2.11.